The third-order valence-corrected chi connectivity index (χ3v) is 3.30. The van der Waals surface area contributed by atoms with Crippen molar-refractivity contribution in [2.45, 2.75) is 6.92 Å². The van der Waals surface area contributed by atoms with E-state index >= 15 is 0 Å². The van der Waals surface area contributed by atoms with E-state index in [0.717, 1.165) is 5.39 Å². The maximum absolute atomic E-state index is 11.6. The van der Waals surface area contributed by atoms with Gasteiger partial charge in [-0.3, -0.25) is 0 Å². The van der Waals surface area contributed by atoms with Crippen LogP contribution in [0.3, 0.4) is 0 Å². The summed E-state index contributed by atoms with van der Waals surface area (Å²) in [6.45, 7) is 1.74. The molecule has 0 spiro atoms. The molecule has 0 atom stereocenters. The average Bonchev–Trinajstić information content (AvgIpc) is 2.35. The van der Waals surface area contributed by atoms with Crippen molar-refractivity contribution in [3.63, 3.8) is 0 Å². The lowest BCUT2D eigenvalue weighted by Gasteiger charge is -2.04. The first-order chi connectivity index (χ1) is 8.58. The van der Waals surface area contributed by atoms with E-state index in [2.05, 4.69) is 0 Å². The molecular formula is C13H7ClO4. The van der Waals surface area contributed by atoms with Crippen molar-refractivity contribution in [2.24, 2.45) is 0 Å². The van der Waals surface area contributed by atoms with E-state index in [0.29, 0.717) is 22.1 Å². The van der Waals surface area contributed by atoms with E-state index in [9.17, 15) is 9.59 Å². The number of fused-ring (bicyclic) bond motifs is 3. The summed E-state index contributed by atoms with van der Waals surface area (Å²) in [5.74, 6) is 0. The molecule has 0 N–H and O–H groups in total. The van der Waals surface area contributed by atoms with Crippen LogP contribution in [-0.2, 0) is 0 Å². The first kappa shape index (κ1) is 11.0. The first-order valence-electron chi connectivity index (χ1n) is 5.24. The number of hydrogen-bond donors (Lipinski definition) is 0. The Hall–Kier alpha value is -2.07. The summed E-state index contributed by atoms with van der Waals surface area (Å²) in [4.78, 5) is 22.7. The highest BCUT2D eigenvalue weighted by molar-refractivity contribution is 6.32. The van der Waals surface area contributed by atoms with Crippen molar-refractivity contribution in [3.8, 4) is 0 Å². The van der Waals surface area contributed by atoms with Crippen LogP contribution in [0.5, 0.6) is 0 Å². The molecule has 0 bridgehead atoms. The van der Waals surface area contributed by atoms with Crippen molar-refractivity contribution in [2.75, 3.05) is 0 Å². The molecule has 2 aromatic heterocycles. The van der Waals surface area contributed by atoms with Gasteiger partial charge in [-0.25, -0.2) is 9.59 Å². The minimum atomic E-state index is -0.597. The molecule has 0 aliphatic carbocycles. The quantitative estimate of drug-likeness (QED) is 0.462. The van der Waals surface area contributed by atoms with Crippen LogP contribution in [0, 0.1) is 6.92 Å². The maximum Gasteiger partial charge on any atom is 0.355 e. The minimum Gasteiger partial charge on any atom is -0.423 e. The fraction of sp³-hybridized carbons (Fsp3) is 0.0769. The number of halogens is 1. The molecule has 0 unspecified atom stereocenters. The molecule has 3 rings (SSSR count). The van der Waals surface area contributed by atoms with Gasteiger partial charge < -0.3 is 8.83 Å². The Morgan fingerprint density at radius 3 is 2.50 bits per heavy atom. The topological polar surface area (TPSA) is 60.4 Å². The molecule has 18 heavy (non-hydrogen) atoms. The van der Waals surface area contributed by atoms with E-state index in [1.54, 1.807) is 25.1 Å². The Morgan fingerprint density at radius 2 is 1.72 bits per heavy atom. The average molecular weight is 263 g/mol. The predicted octanol–water partition coefficient (Wildman–Crippen LogP) is 2.86. The summed E-state index contributed by atoms with van der Waals surface area (Å²) >= 11 is 5.85. The van der Waals surface area contributed by atoms with Gasteiger partial charge in [-0.2, -0.15) is 0 Å². The number of benzene rings is 1. The monoisotopic (exact) mass is 262 g/mol. The fourth-order valence-electron chi connectivity index (χ4n) is 1.94. The normalized spacial score (nSPS) is 11.2. The molecule has 0 aliphatic rings. The van der Waals surface area contributed by atoms with E-state index in [4.69, 9.17) is 20.4 Å². The Bertz CT molecular complexity index is 889. The minimum absolute atomic E-state index is 0.0687. The molecule has 2 heterocycles. The Labute approximate surface area is 105 Å². The summed E-state index contributed by atoms with van der Waals surface area (Å²) < 4.78 is 10.2. The largest absolute Gasteiger partial charge is 0.423 e. The van der Waals surface area contributed by atoms with Crippen LogP contribution in [0.1, 0.15) is 5.56 Å². The number of rotatable bonds is 0. The van der Waals surface area contributed by atoms with Crippen LogP contribution >= 0.6 is 11.6 Å². The van der Waals surface area contributed by atoms with Crippen LogP contribution in [0.25, 0.3) is 21.9 Å². The second kappa shape index (κ2) is 3.71. The lowest BCUT2D eigenvalue weighted by molar-refractivity contribution is 0.551. The molecule has 3 aromatic rings. The summed E-state index contributed by atoms with van der Waals surface area (Å²) in [6.07, 6.45) is 0. The summed E-state index contributed by atoms with van der Waals surface area (Å²) in [5.41, 5.74) is 0.356. The van der Waals surface area contributed by atoms with E-state index in [1.165, 1.54) is 6.07 Å². The van der Waals surface area contributed by atoms with Gasteiger partial charge in [0.2, 0.25) is 0 Å². The summed E-state index contributed by atoms with van der Waals surface area (Å²) in [7, 11) is 0. The van der Waals surface area contributed by atoms with Crippen LogP contribution in [0.15, 0.2) is 42.7 Å². The molecule has 1 aromatic carbocycles. The lowest BCUT2D eigenvalue weighted by atomic mass is 10.1. The van der Waals surface area contributed by atoms with Gasteiger partial charge in [0.25, 0.3) is 0 Å². The highest BCUT2D eigenvalue weighted by atomic mass is 35.5. The van der Waals surface area contributed by atoms with Crippen molar-refractivity contribution in [1.82, 2.24) is 0 Å². The third kappa shape index (κ3) is 1.46. The predicted molar refractivity (Wildman–Crippen MR) is 68.3 cm³/mol. The molecule has 90 valence electrons. The van der Waals surface area contributed by atoms with E-state index < -0.39 is 11.3 Å². The Balaban J connectivity index is 2.63. The molecule has 4 nitrogen and oxygen atoms in total. The molecule has 0 amide bonds. The van der Waals surface area contributed by atoms with Gasteiger partial charge in [-0.15, -0.1) is 0 Å². The maximum atomic E-state index is 11.6. The third-order valence-electron chi connectivity index (χ3n) is 2.86. The second-order valence-electron chi connectivity index (χ2n) is 3.94. The Morgan fingerprint density at radius 1 is 1.00 bits per heavy atom. The highest BCUT2D eigenvalue weighted by Crippen LogP contribution is 2.28. The fourth-order valence-corrected chi connectivity index (χ4v) is 2.08. The van der Waals surface area contributed by atoms with Gasteiger partial charge in [0.15, 0.2) is 0 Å². The van der Waals surface area contributed by atoms with Gasteiger partial charge in [0.05, 0.1) is 5.39 Å². The van der Waals surface area contributed by atoms with Gasteiger partial charge in [0.1, 0.15) is 16.2 Å². The summed E-state index contributed by atoms with van der Waals surface area (Å²) in [6, 6.07) is 6.22. The highest BCUT2D eigenvalue weighted by Gasteiger charge is 2.12. The molecule has 0 fully saturated rings. The van der Waals surface area contributed by atoms with Crippen molar-refractivity contribution in [1.29, 1.82) is 0 Å². The van der Waals surface area contributed by atoms with Crippen LogP contribution in [-0.4, -0.2) is 0 Å². The zero-order valence-electron chi connectivity index (χ0n) is 9.32. The molecule has 0 saturated heterocycles. The molecule has 0 radical (unpaired) electrons. The van der Waals surface area contributed by atoms with Crippen LogP contribution in [0.2, 0.25) is 5.02 Å². The zero-order valence-corrected chi connectivity index (χ0v) is 10.1. The molecule has 0 aliphatic heterocycles. The van der Waals surface area contributed by atoms with Gasteiger partial charge >= 0.3 is 11.3 Å². The van der Waals surface area contributed by atoms with Gasteiger partial charge in [-0.1, -0.05) is 11.6 Å². The van der Waals surface area contributed by atoms with Crippen molar-refractivity contribution >= 4 is 33.5 Å². The lowest BCUT2D eigenvalue weighted by Crippen LogP contribution is -2.02. The molecule has 0 saturated carbocycles. The summed E-state index contributed by atoms with van der Waals surface area (Å²) in [5, 5.41) is 1.36. The SMILES string of the molecule is Cc1c(Cl)c(=O)oc2c1ccc1oc(=O)ccc12. The smallest absolute Gasteiger partial charge is 0.355 e. The second-order valence-corrected chi connectivity index (χ2v) is 4.31. The van der Waals surface area contributed by atoms with E-state index in [1.807, 2.05) is 0 Å². The zero-order chi connectivity index (χ0) is 12.9. The number of aryl methyl sites for hydroxylation is 1. The molecule has 5 heteroatoms. The van der Waals surface area contributed by atoms with Crippen LogP contribution in [0.4, 0.5) is 0 Å². The van der Waals surface area contributed by atoms with E-state index in [-0.39, 0.29) is 5.02 Å². The van der Waals surface area contributed by atoms with Gasteiger partial charge in [0, 0.05) is 11.5 Å². The van der Waals surface area contributed by atoms with Gasteiger partial charge in [-0.05, 0) is 30.7 Å². The van der Waals surface area contributed by atoms with Crippen LogP contribution < -0.4 is 11.3 Å². The standard InChI is InChI=1S/C13H7ClO4/c1-6-7-2-4-9-8(3-5-10(15)17-9)12(7)18-13(16)11(6)14/h2-5H,1H3. The first-order valence-corrected chi connectivity index (χ1v) is 5.61. The molecular weight excluding hydrogens is 256 g/mol. The Kier molecular flexibility index (Phi) is 2.28. The van der Waals surface area contributed by atoms with Crippen molar-refractivity contribution < 1.29 is 8.83 Å². The number of hydrogen-bond acceptors (Lipinski definition) is 4. The van der Waals surface area contributed by atoms with Crippen molar-refractivity contribution in [3.05, 3.63) is 55.7 Å².